The van der Waals surface area contributed by atoms with E-state index in [0.29, 0.717) is 23.9 Å². The number of allylic oxidation sites excluding steroid dienone is 2. The van der Waals surface area contributed by atoms with Gasteiger partial charge in [0.15, 0.2) is 0 Å². The van der Waals surface area contributed by atoms with E-state index in [9.17, 15) is 0 Å². The van der Waals surface area contributed by atoms with Crippen molar-refractivity contribution < 1.29 is 0 Å². The van der Waals surface area contributed by atoms with Crippen molar-refractivity contribution in [3.8, 4) is 0 Å². The van der Waals surface area contributed by atoms with Crippen molar-refractivity contribution in [3.63, 3.8) is 0 Å². The second-order valence-corrected chi connectivity index (χ2v) is 8.11. The van der Waals surface area contributed by atoms with Crippen LogP contribution in [-0.4, -0.2) is 12.1 Å². The Labute approximate surface area is 153 Å². The minimum Gasteiger partial charge on any atom is -0.381 e. The molecule has 1 saturated heterocycles. The second kappa shape index (κ2) is 4.50. The first-order valence-corrected chi connectivity index (χ1v) is 9.79. The second-order valence-electron chi connectivity index (χ2n) is 8.11. The SMILES string of the molecule is C1=CC2C3=CC4c5ccccc5N5c6ccccc6C(=C3NC2CC1)C45. The van der Waals surface area contributed by atoms with Crippen molar-refractivity contribution in [2.75, 3.05) is 4.90 Å². The first kappa shape index (κ1) is 13.5. The molecule has 2 aliphatic carbocycles. The van der Waals surface area contributed by atoms with Crippen molar-refractivity contribution in [2.24, 2.45) is 5.92 Å². The summed E-state index contributed by atoms with van der Waals surface area (Å²) in [6, 6.07) is 19.0. The first-order valence-electron chi connectivity index (χ1n) is 9.79. The van der Waals surface area contributed by atoms with Crippen LogP contribution in [0, 0.1) is 5.92 Å². The fourth-order valence-electron chi connectivity index (χ4n) is 5.96. The molecule has 7 rings (SSSR count). The zero-order chi connectivity index (χ0) is 16.8. The smallest absolute Gasteiger partial charge is 0.0723 e. The van der Waals surface area contributed by atoms with Gasteiger partial charge in [-0.3, -0.25) is 0 Å². The van der Waals surface area contributed by atoms with Crippen LogP contribution in [0.4, 0.5) is 11.4 Å². The fourth-order valence-corrected chi connectivity index (χ4v) is 5.96. The fraction of sp³-hybridized carbons (Fsp3) is 0.250. The lowest BCUT2D eigenvalue weighted by Gasteiger charge is -2.28. The molecule has 126 valence electrons. The maximum atomic E-state index is 3.94. The van der Waals surface area contributed by atoms with E-state index in [1.165, 1.54) is 52.2 Å². The largest absolute Gasteiger partial charge is 0.381 e. The third kappa shape index (κ3) is 1.42. The highest BCUT2D eigenvalue weighted by molar-refractivity contribution is 5.99. The molecular weight excluding hydrogens is 316 g/mol. The molecule has 2 aromatic rings. The summed E-state index contributed by atoms with van der Waals surface area (Å²) in [5.41, 5.74) is 10.2. The Morgan fingerprint density at radius 2 is 1.77 bits per heavy atom. The summed E-state index contributed by atoms with van der Waals surface area (Å²) >= 11 is 0. The van der Waals surface area contributed by atoms with Crippen molar-refractivity contribution in [2.45, 2.75) is 30.8 Å². The van der Waals surface area contributed by atoms with Gasteiger partial charge in [-0.2, -0.15) is 0 Å². The normalized spacial score (nSPS) is 31.7. The zero-order valence-electron chi connectivity index (χ0n) is 14.5. The van der Waals surface area contributed by atoms with Gasteiger partial charge in [0.2, 0.25) is 0 Å². The number of benzene rings is 2. The van der Waals surface area contributed by atoms with Crippen LogP contribution in [0.2, 0.25) is 0 Å². The molecule has 0 radical (unpaired) electrons. The molecule has 4 unspecified atom stereocenters. The summed E-state index contributed by atoms with van der Waals surface area (Å²) in [6.45, 7) is 0. The van der Waals surface area contributed by atoms with E-state index in [1.807, 2.05) is 0 Å². The van der Waals surface area contributed by atoms with Gasteiger partial charge in [0.05, 0.1) is 6.04 Å². The van der Waals surface area contributed by atoms with Crippen LogP contribution < -0.4 is 10.2 Å². The van der Waals surface area contributed by atoms with E-state index < -0.39 is 0 Å². The summed E-state index contributed by atoms with van der Waals surface area (Å²) in [4.78, 5) is 2.59. The monoisotopic (exact) mass is 336 g/mol. The molecule has 2 aromatic carbocycles. The van der Waals surface area contributed by atoms with Gasteiger partial charge in [-0.05, 0) is 36.1 Å². The van der Waals surface area contributed by atoms with Gasteiger partial charge in [0, 0.05) is 46.1 Å². The Bertz CT molecular complexity index is 1060. The summed E-state index contributed by atoms with van der Waals surface area (Å²) in [5, 5.41) is 3.94. The van der Waals surface area contributed by atoms with Crippen molar-refractivity contribution in [1.29, 1.82) is 0 Å². The highest BCUT2D eigenvalue weighted by atomic mass is 15.2. The van der Waals surface area contributed by atoms with Crippen LogP contribution in [0.15, 0.2) is 78.0 Å². The van der Waals surface area contributed by atoms with Crippen LogP contribution in [0.5, 0.6) is 0 Å². The molecule has 26 heavy (non-hydrogen) atoms. The Hall–Kier alpha value is -2.74. The number of para-hydroxylation sites is 2. The Morgan fingerprint density at radius 3 is 2.73 bits per heavy atom. The molecule has 1 fully saturated rings. The molecule has 1 N–H and O–H groups in total. The van der Waals surface area contributed by atoms with Crippen LogP contribution in [-0.2, 0) is 0 Å². The quantitative estimate of drug-likeness (QED) is 0.689. The Kier molecular flexibility index (Phi) is 2.33. The summed E-state index contributed by atoms with van der Waals surface area (Å²) in [7, 11) is 0. The minimum absolute atomic E-state index is 0.417. The molecule has 5 aliphatic rings. The number of hydrogen-bond acceptors (Lipinski definition) is 2. The topological polar surface area (TPSA) is 15.3 Å². The first-order chi connectivity index (χ1) is 12.9. The molecule has 0 bridgehead atoms. The van der Waals surface area contributed by atoms with E-state index in [-0.39, 0.29) is 0 Å². The van der Waals surface area contributed by atoms with Crippen LogP contribution in [0.1, 0.15) is 29.9 Å². The number of nitrogens with one attached hydrogen (secondary N) is 1. The van der Waals surface area contributed by atoms with Crippen LogP contribution in [0.3, 0.4) is 0 Å². The van der Waals surface area contributed by atoms with Gasteiger partial charge in [0.1, 0.15) is 0 Å². The molecule has 0 aromatic heterocycles. The highest BCUT2D eigenvalue weighted by Crippen LogP contribution is 2.61. The number of hydrogen-bond donors (Lipinski definition) is 1. The number of rotatable bonds is 0. The van der Waals surface area contributed by atoms with Gasteiger partial charge in [-0.15, -0.1) is 0 Å². The van der Waals surface area contributed by atoms with Crippen molar-refractivity contribution >= 4 is 16.9 Å². The maximum absolute atomic E-state index is 3.94. The van der Waals surface area contributed by atoms with Crippen LogP contribution in [0.25, 0.3) is 5.57 Å². The van der Waals surface area contributed by atoms with E-state index in [4.69, 9.17) is 0 Å². The molecule has 0 amide bonds. The molecule has 2 heteroatoms. The van der Waals surface area contributed by atoms with Crippen molar-refractivity contribution in [1.82, 2.24) is 5.32 Å². The van der Waals surface area contributed by atoms with Gasteiger partial charge >= 0.3 is 0 Å². The number of anilines is 2. The van der Waals surface area contributed by atoms with E-state index in [0.717, 1.165) is 0 Å². The zero-order valence-corrected chi connectivity index (χ0v) is 14.5. The minimum atomic E-state index is 0.417. The summed E-state index contributed by atoms with van der Waals surface area (Å²) in [6.07, 6.45) is 9.85. The van der Waals surface area contributed by atoms with E-state index in [1.54, 1.807) is 0 Å². The highest BCUT2D eigenvalue weighted by Gasteiger charge is 2.52. The standard InChI is InChI=1S/C24H20N2/c1-4-10-19-14(7-1)17-13-18-15-8-2-5-11-20(15)26-21-12-6-3-9-16(21)22(24(18)26)23(17)25-19/h1-3,5-9,11-14,18-19,24-25H,4,10H2. The third-order valence-electron chi connectivity index (χ3n) is 6.95. The van der Waals surface area contributed by atoms with Gasteiger partial charge in [-0.1, -0.05) is 54.6 Å². The number of nitrogens with zero attached hydrogens (tertiary/aromatic N) is 1. The predicted molar refractivity (Wildman–Crippen MR) is 105 cm³/mol. The average Bonchev–Trinajstić information content (AvgIpc) is 3.33. The average molecular weight is 336 g/mol. The van der Waals surface area contributed by atoms with Gasteiger partial charge in [-0.25, -0.2) is 0 Å². The molecule has 0 saturated carbocycles. The third-order valence-corrected chi connectivity index (χ3v) is 6.95. The summed E-state index contributed by atoms with van der Waals surface area (Å²) in [5.74, 6) is 1.00. The van der Waals surface area contributed by atoms with E-state index >= 15 is 0 Å². The summed E-state index contributed by atoms with van der Waals surface area (Å²) < 4.78 is 0. The molecular formula is C24H20N2. The van der Waals surface area contributed by atoms with Gasteiger partial charge in [0.25, 0.3) is 0 Å². The van der Waals surface area contributed by atoms with Crippen molar-refractivity contribution in [3.05, 3.63) is 89.2 Å². The molecule has 3 aliphatic heterocycles. The Morgan fingerprint density at radius 1 is 0.923 bits per heavy atom. The van der Waals surface area contributed by atoms with Gasteiger partial charge < -0.3 is 10.2 Å². The molecule has 4 atom stereocenters. The van der Waals surface area contributed by atoms with Crippen LogP contribution >= 0.6 is 0 Å². The molecule has 2 nitrogen and oxygen atoms in total. The molecule has 3 heterocycles. The lowest BCUT2D eigenvalue weighted by Crippen LogP contribution is -2.30. The lowest BCUT2D eigenvalue weighted by molar-refractivity contribution is 0.498. The van der Waals surface area contributed by atoms with E-state index in [2.05, 4.69) is 77.0 Å². The number of fused-ring (bicyclic) bond motifs is 9. The Balaban J connectivity index is 1.56. The molecule has 0 spiro atoms. The lowest BCUT2D eigenvalue weighted by atomic mass is 9.77. The predicted octanol–water partition coefficient (Wildman–Crippen LogP) is 4.89. The maximum Gasteiger partial charge on any atom is 0.0723 e.